The molecule has 1 heterocycles. The van der Waals surface area contributed by atoms with E-state index in [1.54, 1.807) is 12.3 Å². The first-order valence-corrected chi connectivity index (χ1v) is 9.08. The Morgan fingerprint density at radius 2 is 2.00 bits per heavy atom. The predicted molar refractivity (Wildman–Crippen MR) is 91.0 cm³/mol. The molecule has 2 rings (SSSR count). The Morgan fingerprint density at radius 1 is 1.19 bits per heavy atom. The lowest BCUT2D eigenvalue weighted by Gasteiger charge is -2.07. The van der Waals surface area contributed by atoms with E-state index in [9.17, 15) is 4.79 Å². The van der Waals surface area contributed by atoms with E-state index in [1.165, 1.54) is 17.3 Å². The van der Waals surface area contributed by atoms with Crippen molar-refractivity contribution in [2.45, 2.75) is 10.8 Å². The molecule has 0 unspecified atom stereocenters. The normalized spacial score (nSPS) is 10.3. The van der Waals surface area contributed by atoms with Crippen LogP contribution < -0.4 is 5.32 Å². The van der Waals surface area contributed by atoms with Crippen LogP contribution in [-0.2, 0) is 5.75 Å². The van der Waals surface area contributed by atoms with Gasteiger partial charge in [-0.15, -0.1) is 11.8 Å². The van der Waals surface area contributed by atoms with Crippen molar-refractivity contribution in [2.24, 2.45) is 0 Å². The quantitative estimate of drug-likeness (QED) is 0.627. The lowest BCUT2D eigenvalue weighted by molar-refractivity contribution is 0.0952. The topological polar surface area (TPSA) is 42.0 Å². The van der Waals surface area contributed by atoms with Crippen LogP contribution in [0.25, 0.3) is 0 Å². The zero-order chi connectivity index (χ0) is 14.9. The average Bonchev–Trinajstić information content (AvgIpc) is 2.55. The highest BCUT2D eigenvalue weighted by Crippen LogP contribution is 2.16. The highest BCUT2D eigenvalue weighted by Gasteiger charge is 2.10. The van der Waals surface area contributed by atoms with Crippen molar-refractivity contribution in [3.63, 3.8) is 0 Å². The van der Waals surface area contributed by atoms with E-state index in [1.807, 2.05) is 42.3 Å². The van der Waals surface area contributed by atoms with Gasteiger partial charge in [-0.25, -0.2) is 4.98 Å². The fraction of sp³-hybridized carbons (Fsp3) is 0.250. The molecule has 3 nitrogen and oxygen atoms in total. The van der Waals surface area contributed by atoms with Crippen LogP contribution in [0.2, 0.25) is 0 Å². The van der Waals surface area contributed by atoms with Crippen molar-refractivity contribution >= 4 is 29.4 Å². The molecule has 0 saturated heterocycles. The molecule has 0 spiro atoms. The largest absolute Gasteiger partial charge is 0.351 e. The second-order valence-corrected chi connectivity index (χ2v) is 6.25. The van der Waals surface area contributed by atoms with E-state index < -0.39 is 0 Å². The lowest BCUT2D eigenvalue weighted by Crippen LogP contribution is -2.26. The summed E-state index contributed by atoms with van der Waals surface area (Å²) < 4.78 is 0. The van der Waals surface area contributed by atoms with Gasteiger partial charge in [-0.1, -0.05) is 30.3 Å². The van der Waals surface area contributed by atoms with E-state index in [0.29, 0.717) is 12.1 Å². The van der Waals surface area contributed by atoms with Crippen LogP contribution in [-0.4, -0.2) is 29.4 Å². The molecule has 2 aromatic rings. The van der Waals surface area contributed by atoms with Gasteiger partial charge in [0.25, 0.3) is 5.91 Å². The van der Waals surface area contributed by atoms with Gasteiger partial charge >= 0.3 is 0 Å². The number of aromatic nitrogens is 1. The smallest absolute Gasteiger partial charge is 0.254 e. The maximum atomic E-state index is 12.1. The van der Waals surface area contributed by atoms with E-state index in [4.69, 9.17) is 0 Å². The number of rotatable bonds is 7. The summed E-state index contributed by atoms with van der Waals surface area (Å²) in [6.07, 6.45) is 3.63. The minimum absolute atomic E-state index is 0.0484. The highest BCUT2D eigenvalue weighted by atomic mass is 32.2. The third kappa shape index (κ3) is 5.10. The van der Waals surface area contributed by atoms with Gasteiger partial charge in [0.05, 0.1) is 5.56 Å². The maximum Gasteiger partial charge on any atom is 0.254 e. The molecule has 0 radical (unpaired) electrons. The van der Waals surface area contributed by atoms with Crippen molar-refractivity contribution in [2.75, 3.05) is 18.6 Å². The molecule has 1 amide bonds. The average molecular weight is 318 g/mol. The van der Waals surface area contributed by atoms with Gasteiger partial charge in [0.1, 0.15) is 5.03 Å². The second kappa shape index (κ2) is 8.74. The Morgan fingerprint density at radius 3 is 2.76 bits per heavy atom. The summed E-state index contributed by atoms with van der Waals surface area (Å²) in [6, 6.07) is 13.9. The van der Waals surface area contributed by atoms with Crippen LogP contribution in [0, 0.1) is 0 Å². The van der Waals surface area contributed by atoms with Crippen LogP contribution in [0.15, 0.2) is 53.7 Å². The number of hydrogen-bond acceptors (Lipinski definition) is 4. The highest BCUT2D eigenvalue weighted by molar-refractivity contribution is 7.98. The summed E-state index contributed by atoms with van der Waals surface area (Å²) in [6.45, 7) is 0.666. The van der Waals surface area contributed by atoms with Crippen molar-refractivity contribution in [3.8, 4) is 0 Å². The van der Waals surface area contributed by atoms with Gasteiger partial charge < -0.3 is 5.32 Å². The van der Waals surface area contributed by atoms with Gasteiger partial charge in [-0.3, -0.25) is 4.79 Å². The zero-order valence-corrected chi connectivity index (χ0v) is 13.5. The van der Waals surface area contributed by atoms with Gasteiger partial charge in [-0.2, -0.15) is 11.8 Å². The SMILES string of the molecule is CSc1ncccc1C(=O)NCCSCc1ccccc1. The molecule has 0 aliphatic heterocycles. The van der Waals surface area contributed by atoms with E-state index >= 15 is 0 Å². The van der Waals surface area contributed by atoms with Crippen LogP contribution in [0.5, 0.6) is 0 Å². The number of pyridine rings is 1. The summed E-state index contributed by atoms with van der Waals surface area (Å²) in [4.78, 5) is 16.3. The third-order valence-corrected chi connectivity index (χ3v) is 4.59. The van der Waals surface area contributed by atoms with E-state index in [-0.39, 0.29) is 5.91 Å². The van der Waals surface area contributed by atoms with Crippen LogP contribution in [0.1, 0.15) is 15.9 Å². The second-order valence-electron chi connectivity index (χ2n) is 4.35. The van der Waals surface area contributed by atoms with Crippen molar-refractivity contribution < 1.29 is 4.79 Å². The van der Waals surface area contributed by atoms with E-state index in [0.717, 1.165) is 16.5 Å². The Balaban J connectivity index is 1.72. The predicted octanol–water partition coefficient (Wildman–Crippen LogP) is 3.47. The molecular formula is C16H18N2OS2. The van der Waals surface area contributed by atoms with E-state index in [2.05, 4.69) is 22.4 Å². The van der Waals surface area contributed by atoms with Crippen molar-refractivity contribution in [3.05, 3.63) is 59.8 Å². The number of carbonyl (C=O) groups excluding carboxylic acids is 1. The number of nitrogens with one attached hydrogen (secondary N) is 1. The summed E-state index contributed by atoms with van der Waals surface area (Å²) in [7, 11) is 0. The first-order chi connectivity index (χ1) is 10.3. The van der Waals surface area contributed by atoms with Crippen molar-refractivity contribution in [1.82, 2.24) is 10.3 Å². The van der Waals surface area contributed by atoms with Crippen LogP contribution in [0.3, 0.4) is 0 Å². The van der Waals surface area contributed by atoms with Gasteiger partial charge in [-0.05, 0) is 24.0 Å². The molecule has 21 heavy (non-hydrogen) atoms. The lowest BCUT2D eigenvalue weighted by atomic mass is 10.2. The molecular weight excluding hydrogens is 300 g/mol. The standard InChI is InChI=1S/C16H18N2OS2/c1-20-16-14(8-5-9-18-16)15(19)17-10-11-21-12-13-6-3-2-4-7-13/h2-9H,10-12H2,1H3,(H,17,19). The summed E-state index contributed by atoms with van der Waals surface area (Å²) in [5.74, 6) is 1.82. The van der Waals surface area contributed by atoms with Crippen LogP contribution >= 0.6 is 23.5 Å². The number of hydrogen-bond donors (Lipinski definition) is 1. The molecule has 1 aromatic carbocycles. The fourth-order valence-corrected chi connectivity index (χ4v) is 3.19. The third-order valence-electron chi connectivity index (χ3n) is 2.85. The molecule has 0 atom stereocenters. The zero-order valence-electron chi connectivity index (χ0n) is 11.9. The van der Waals surface area contributed by atoms with Gasteiger partial charge in [0.15, 0.2) is 0 Å². The summed E-state index contributed by atoms with van der Waals surface area (Å²) in [5.41, 5.74) is 1.96. The molecule has 0 fully saturated rings. The fourth-order valence-electron chi connectivity index (χ4n) is 1.82. The molecule has 1 aromatic heterocycles. The molecule has 1 N–H and O–H groups in total. The first-order valence-electron chi connectivity index (χ1n) is 6.70. The molecule has 0 aliphatic rings. The number of thioether (sulfide) groups is 2. The Hall–Kier alpha value is -1.46. The maximum absolute atomic E-state index is 12.1. The number of benzene rings is 1. The molecule has 0 bridgehead atoms. The van der Waals surface area contributed by atoms with Gasteiger partial charge in [0.2, 0.25) is 0 Å². The monoisotopic (exact) mass is 318 g/mol. The molecule has 0 aliphatic carbocycles. The number of amides is 1. The Kier molecular flexibility index (Phi) is 6.63. The Bertz CT molecular complexity index is 575. The molecule has 0 saturated carbocycles. The van der Waals surface area contributed by atoms with Gasteiger partial charge in [0, 0.05) is 24.2 Å². The summed E-state index contributed by atoms with van der Waals surface area (Å²) in [5, 5.41) is 3.72. The number of nitrogens with zero attached hydrogens (tertiary/aromatic N) is 1. The Labute approximate surface area is 133 Å². The minimum Gasteiger partial charge on any atom is -0.351 e. The number of carbonyl (C=O) groups is 1. The van der Waals surface area contributed by atoms with Crippen LogP contribution in [0.4, 0.5) is 0 Å². The molecule has 110 valence electrons. The van der Waals surface area contributed by atoms with Crippen molar-refractivity contribution in [1.29, 1.82) is 0 Å². The minimum atomic E-state index is -0.0484. The summed E-state index contributed by atoms with van der Waals surface area (Å²) >= 11 is 3.31. The first kappa shape index (κ1) is 15.9. The molecule has 5 heteroatoms.